The maximum absolute atomic E-state index is 14.7. The largest absolute Gasteiger partial charge is 0.478 e. The topological polar surface area (TPSA) is 140 Å². The zero-order valence-electron chi connectivity index (χ0n) is 21.1. The minimum Gasteiger partial charge on any atom is -0.478 e. The lowest BCUT2D eigenvalue weighted by atomic mass is 10.1. The van der Waals surface area contributed by atoms with Crippen LogP contribution in [0.25, 0.3) is 0 Å². The third-order valence-electron chi connectivity index (χ3n) is 6.38. The summed E-state index contributed by atoms with van der Waals surface area (Å²) in [6, 6.07) is 11.5. The molecule has 0 saturated carbocycles. The molecule has 2 aromatic rings. The van der Waals surface area contributed by atoms with Gasteiger partial charge in [-0.25, -0.2) is 14.0 Å². The molecule has 0 spiro atoms. The number of halogens is 1. The smallest absolute Gasteiger partial charge is 0.348 e. The van der Waals surface area contributed by atoms with Crippen molar-refractivity contribution in [1.82, 2.24) is 4.90 Å². The summed E-state index contributed by atoms with van der Waals surface area (Å²) in [4.78, 5) is 64.6. The van der Waals surface area contributed by atoms with Crippen LogP contribution in [0.4, 0.5) is 10.1 Å². The first-order chi connectivity index (χ1) is 18.7. The number of carbonyl (C=O) groups excluding carboxylic acids is 4. The van der Waals surface area contributed by atoms with E-state index in [-0.39, 0.29) is 37.6 Å². The molecule has 4 rings (SSSR count). The van der Waals surface area contributed by atoms with Gasteiger partial charge in [0.1, 0.15) is 18.5 Å². The van der Waals surface area contributed by atoms with E-state index in [4.69, 9.17) is 14.2 Å². The van der Waals surface area contributed by atoms with Crippen molar-refractivity contribution in [3.05, 3.63) is 65.5 Å². The van der Waals surface area contributed by atoms with Gasteiger partial charge in [-0.2, -0.15) is 0 Å². The van der Waals surface area contributed by atoms with Gasteiger partial charge in [0.2, 0.25) is 6.10 Å². The molecule has 2 heterocycles. The first-order valence-corrected chi connectivity index (χ1v) is 12.3. The number of carbonyl (C=O) groups is 5. The summed E-state index contributed by atoms with van der Waals surface area (Å²) in [5.74, 6) is -5.38. The van der Waals surface area contributed by atoms with Gasteiger partial charge in [-0.3, -0.25) is 14.4 Å². The van der Waals surface area contributed by atoms with Crippen LogP contribution in [0, 0.1) is 5.82 Å². The predicted octanol–water partition coefficient (Wildman–Crippen LogP) is 1.92. The number of benzene rings is 2. The molecule has 0 aliphatic carbocycles. The second-order valence-corrected chi connectivity index (χ2v) is 9.10. The molecule has 2 fully saturated rings. The summed E-state index contributed by atoms with van der Waals surface area (Å²) in [5.41, 5.74) is 0.688. The van der Waals surface area contributed by atoms with E-state index in [1.54, 1.807) is 0 Å². The highest BCUT2D eigenvalue weighted by atomic mass is 19.1. The third-order valence-corrected chi connectivity index (χ3v) is 6.38. The summed E-state index contributed by atoms with van der Waals surface area (Å²) >= 11 is 0. The fraction of sp³-hybridized carbons (Fsp3) is 0.370. The predicted molar refractivity (Wildman–Crippen MR) is 132 cm³/mol. The van der Waals surface area contributed by atoms with E-state index in [1.165, 1.54) is 11.0 Å². The van der Waals surface area contributed by atoms with Crippen molar-refractivity contribution in [2.45, 2.75) is 44.6 Å². The molecule has 12 heteroatoms. The van der Waals surface area contributed by atoms with Crippen molar-refractivity contribution >= 4 is 35.4 Å². The van der Waals surface area contributed by atoms with Crippen LogP contribution in [-0.4, -0.2) is 77.7 Å². The number of nitrogens with zero attached hydrogens (tertiary/aromatic N) is 2. The zero-order chi connectivity index (χ0) is 28.1. The Balaban J connectivity index is 1.51. The number of carboxylic acid groups (broad SMARTS) is 1. The monoisotopic (exact) mass is 542 g/mol. The van der Waals surface area contributed by atoms with Crippen molar-refractivity contribution in [3.8, 4) is 0 Å². The van der Waals surface area contributed by atoms with Crippen LogP contribution in [0.5, 0.6) is 0 Å². The highest BCUT2D eigenvalue weighted by Crippen LogP contribution is 2.27. The SMILES string of the molecule is CC(=O)O[C@@H](C(=O)O)[C@H]1OCCN(c2cc(F)cc(C(=O)N3CCC[C@H]3C(=O)OCc3ccccc3)c2)C1=O. The summed E-state index contributed by atoms with van der Waals surface area (Å²) in [7, 11) is 0. The molecule has 1 N–H and O–H groups in total. The third kappa shape index (κ3) is 6.40. The Kier molecular flexibility index (Phi) is 8.55. The highest BCUT2D eigenvalue weighted by Gasteiger charge is 2.43. The molecule has 39 heavy (non-hydrogen) atoms. The average Bonchev–Trinajstić information content (AvgIpc) is 3.40. The van der Waals surface area contributed by atoms with E-state index in [1.807, 2.05) is 30.3 Å². The lowest BCUT2D eigenvalue weighted by Crippen LogP contribution is -2.55. The van der Waals surface area contributed by atoms with Gasteiger partial charge < -0.3 is 29.1 Å². The lowest BCUT2D eigenvalue weighted by Gasteiger charge is -2.34. The van der Waals surface area contributed by atoms with Gasteiger partial charge in [0.05, 0.1) is 6.61 Å². The summed E-state index contributed by atoms with van der Waals surface area (Å²) in [6.07, 6.45) is -2.63. The molecule has 2 saturated heterocycles. The molecule has 2 aliphatic rings. The van der Waals surface area contributed by atoms with E-state index >= 15 is 0 Å². The number of likely N-dealkylation sites (tertiary alicyclic amines) is 1. The van der Waals surface area contributed by atoms with Gasteiger partial charge >= 0.3 is 17.9 Å². The average molecular weight is 543 g/mol. The number of hydrogen-bond donors (Lipinski definition) is 1. The minimum atomic E-state index is -1.90. The molecular weight excluding hydrogens is 515 g/mol. The van der Waals surface area contributed by atoms with Crippen molar-refractivity contribution in [2.75, 3.05) is 24.6 Å². The number of rotatable bonds is 8. The molecule has 0 radical (unpaired) electrons. The van der Waals surface area contributed by atoms with Gasteiger partial charge in [0.15, 0.2) is 6.10 Å². The number of aliphatic carboxylic acids is 1. The fourth-order valence-electron chi connectivity index (χ4n) is 4.60. The van der Waals surface area contributed by atoms with Crippen LogP contribution >= 0.6 is 0 Å². The number of anilines is 1. The molecular formula is C27H27FN2O9. The first kappa shape index (κ1) is 27.7. The zero-order valence-corrected chi connectivity index (χ0v) is 21.1. The number of esters is 2. The molecule has 0 aromatic heterocycles. The van der Waals surface area contributed by atoms with Gasteiger partial charge in [-0.15, -0.1) is 0 Å². The Morgan fingerprint density at radius 2 is 1.87 bits per heavy atom. The van der Waals surface area contributed by atoms with Crippen LogP contribution in [0.15, 0.2) is 48.5 Å². The Hall–Kier alpha value is -4.32. The maximum Gasteiger partial charge on any atom is 0.348 e. The lowest BCUT2D eigenvalue weighted by molar-refractivity contribution is -0.177. The van der Waals surface area contributed by atoms with Gasteiger partial charge in [-0.1, -0.05) is 30.3 Å². The van der Waals surface area contributed by atoms with Gasteiger partial charge in [0.25, 0.3) is 11.8 Å². The Bertz CT molecular complexity index is 1270. The molecule has 206 valence electrons. The Morgan fingerprint density at radius 1 is 1.13 bits per heavy atom. The number of hydrogen-bond acceptors (Lipinski definition) is 8. The highest BCUT2D eigenvalue weighted by molar-refractivity contribution is 6.02. The van der Waals surface area contributed by atoms with Gasteiger partial charge in [-0.05, 0) is 36.6 Å². The van der Waals surface area contributed by atoms with Crippen LogP contribution in [0.3, 0.4) is 0 Å². The Labute approximate surface area is 223 Å². The van der Waals surface area contributed by atoms with E-state index in [0.29, 0.717) is 12.8 Å². The second-order valence-electron chi connectivity index (χ2n) is 9.10. The molecule has 0 bridgehead atoms. The van der Waals surface area contributed by atoms with Crippen molar-refractivity contribution in [1.29, 1.82) is 0 Å². The normalized spacial score (nSPS) is 19.9. The van der Waals surface area contributed by atoms with Crippen LogP contribution < -0.4 is 4.90 Å². The summed E-state index contributed by atoms with van der Waals surface area (Å²) in [6.45, 7) is 1.12. The maximum atomic E-state index is 14.7. The minimum absolute atomic E-state index is 0.00832. The fourth-order valence-corrected chi connectivity index (χ4v) is 4.60. The van der Waals surface area contributed by atoms with Crippen molar-refractivity contribution in [3.63, 3.8) is 0 Å². The molecule has 2 amide bonds. The van der Waals surface area contributed by atoms with Crippen LogP contribution in [-0.2, 0) is 40.0 Å². The standard InChI is InChI=1S/C27H27FN2O9/c1-16(31)39-23(26(34)35)22-25(33)29(10-11-37-22)20-13-18(12-19(28)14-20)24(32)30-9-5-8-21(30)27(36)38-15-17-6-3-2-4-7-17/h2-4,6-7,12-14,21-23H,5,8-11,15H2,1H3,(H,34,35)/t21-,22+,23+/m0/s1. The number of carboxylic acids is 1. The second kappa shape index (κ2) is 12.0. The quantitative estimate of drug-likeness (QED) is 0.496. The molecule has 3 atom stereocenters. The van der Waals surface area contributed by atoms with Gasteiger partial charge in [0, 0.05) is 31.3 Å². The van der Waals surface area contributed by atoms with E-state index < -0.39 is 53.8 Å². The van der Waals surface area contributed by atoms with Crippen LogP contribution in [0.1, 0.15) is 35.7 Å². The summed E-state index contributed by atoms with van der Waals surface area (Å²) in [5, 5.41) is 9.43. The first-order valence-electron chi connectivity index (χ1n) is 12.3. The Morgan fingerprint density at radius 3 is 2.56 bits per heavy atom. The van der Waals surface area contributed by atoms with E-state index in [2.05, 4.69) is 0 Å². The molecule has 2 aromatic carbocycles. The number of amides is 2. The number of ether oxygens (including phenoxy) is 3. The number of morpholine rings is 1. The van der Waals surface area contributed by atoms with Crippen molar-refractivity contribution in [2.24, 2.45) is 0 Å². The van der Waals surface area contributed by atoms with Crippen LogP contribution in [0.2, 0.25) is 0 Å². The molecule has 2 aliphatic heterocycles. The summed E-state index contributed by atoms with van der Waals surface area (Å²) < 4.78 is 30.1. The van der Waals surface area contributed by atoms with E-state index in [9.17, 15) is 33.5 Å². The molecule has 11 nitrogen and oxygen atoms in total. The van der Waals surface area contributed by atoms with E-state index in [0.717, 1.165) is 29.5 Å². The van der Waals surface area contributed by atoms with Crippen molar-refractivity contribution < 1.29 is 47.7 Å². The molecule has 0 unspecified atom stereocenters.